The van der Waals surface area contributed by atoms with Gasteiger partial charge in [0.05, 0.1) is 24.8 Å². The molecule has 30 heavy (non-hydrogen) atoms. The molecule has 3 heterocycles. The molecule has 158 valence electrons. The highest BCUT2D eigenvalue weighted by Gasteiger charge is 2.37. The van der Waals surface area contributed by atoms with Crippen molar-refractivity contribution in [2.24, 2.45) is 0 Å². The summed E-state index contributed by atoms with van der Waals surface area (Å²) in [5, 5.41) is 4.63. The zero-order valence-electron chi connectivity index (χ0n) is 18.1. The Balaban J connectivity index is 1.74. The van der Waals surface area contributed by atoms with E-state index < -0.39 is 0 Å². The van der Waals surface area contributed by atoms with E-state index in [0.717, 1.165) is 53.4 Å². The molecular weight excluding hydrogens is 378 g/mol. The summed E-state index contributed by atoms with van der Waals surface area (Å²) in [6.45, 7) is 6.73. The lowest BCUT2D eigenvalue weighted by molar-refractivity contribution is -0.137. The molecule has 1 N–H and O–H groups in total. The number of nitrogens with one attached hydrogen (secondary N) is 1. The van der Waals surface area contributed by atoms with E-state index in [9.17, 15) is 4.79 Å². The van der Waals surface area contributed by atoms with Gasteiger partial charge in [0.25, 0.3) is 0 Å². The van der Waals surface area contributed by atoms with E-state index in [2.05, 4.69) is 22.0 Å². The van der Waals surface area contributed by atoms with Gasteiger partial charge in [-0.3, -0.25) is 9.48 Å². The van der Waals surface area contributed by atoms with Crippen LogP contribution < -0.4 is 4.74 Å². The van der Waals surface area contributed by atoms with Crippen LogP contribution >= 0.6 is 0 Å². The fourth-order valence-electron chi connectivity index (χ4n) is 4.41. The van der Waals surface area contributed by atoms with E-state index >= 15 is 0 Å². The second-order valence-corrected chi connectivity index (χ2v) is 7.90. The first kappa shape index (κ1) is 20.2. The molecule has 0 saturated carbocycles. The Hall–Kier alpha value is -3.09. The van der Waals surface area contributed by atoms with Gasteiger partial charge in [0, 0.05) is 24.4 Å². The Kier molecular flexibility index (Phi) is 5.61. The zero-order chi connectivity index (χ0) is 21.3. The van der Waals surface area contributed by atoms with Crippen molar-refractivity contribution in [1.29, 1.82) is 0 Å². The van der Waals surface area contributed by atoms with Crippen molar-refractivity contribution in [2.75, 3.05) is 13.7 Å². The van der Waals surface area contributed by atoms with E-state index in [-0.39, 0.29) is 18.0 Å². The third kappa shape index (κ3) is 3.60. The number of amides is 1. The number of nitrogens with zero attached hydrogens (tertiary/aromatic N) is 4. The maximum atomic E-state index is 13.9. The molecule has 1 aliphatic rings. The predicted octanol–water partition coefficient (Wildman–Crippen LogP) is 3.75. The van der Waals surface area contributed by atoms with Crippen molar-refractivity contribution in [3.05, 3.63) is 65.0 Å². The lowest BCUT2D eigenvalue weighted by Crippen LogP contribution is -2.44. The molecule has 2 aromatic heterocycles. The Morgan fingerprint density at radius 1 is 1.30 bits per heavy atom. The molecule has 7 nitrogen and oxygen atoms in total. The minimum Gasteiger partial charge on any atom is -0.497 e. The van der Waals surface area contributed by atoms with Crippen molar-refractivity contribution < 1.29 is 9.53 Å². The molecule has 4 rings (SSSR count). The van der Waals surface area contributed by atoms with Crippen LogP contribution in [0.3, 0.4) is 0 Å². The highest BCUT2D eigenvalue weighted by molar-refractivity contribution is 5.81. The molecule has 0 bridgehead atoms. The zero-order valence-corrected chi connectivity index (χ0v) is 18.1. The van der Waals surface area contributed by atoms with E-state index in [0.29, 0.717) is 6.54 Å². The normalized spacial score (nSPS) is 16.9. The maximum Gasteiger partial charge on any atom is 0.248 e. The van der Waals surface area contributed by atoms with Gasteiger partial charge in [-0.25, -0.2) is 4.98 Å². The molecular formula is C23H29N5O2. The van der Waals surface area contributed by atoms with Gasteiger partial charge in [-0.05, 0) is 44.0 Å². The monoisotopic (exact) mass is 407 g/mol. The number of aromatic nitrogens is 4. The van der Waals surface area contributed by atoms with Crippen LogP contribution in [0.2, 0.25) is 0 Å². The molecule has 0 unspecified atom stereocenters. The van der Waals surface area contributed by atoms with Crippen LogP contribution in [0.1, 0.15) is 60.2 Å². The van der Waals surface area contributed by atoms with Gasteiger partial charge in [0.1, 0.15) is 17.8 Å². The van der Waals surface area contributed by atoms with E-state index in [1.807, 2.05) is 53.8 Å². The average Bonchev–Trinajstić information content (AvgIpc) is 3.36. The number of hydrogen-bond acceptors (Lipinski definition) is 4. The quantitative estimate of drug-likeness (QED) is 0.675. The smallest absolute Gasteiger partial charge is 0.248 e. The Labute approximate surface area is 177 Å². The number of methoxy groups -OCH3 is 1. The molecule has 2 atom stereocenters. The SMILES string of the molecule is CCC[C@H](C(=O)N1CCc2[nH]cnc2[C@H]1c1ccc(OC)cc1)n1nc(C)cc1C. The summed E-state index contributed by atoms with van der Waals surface area (Å²) in [5.74, 6) is 0.888. The van der Waals surface area contributed by atoms with E-state index in [4.69, 9.17) is 4.74 Å². The van der Waals surface area contributed by atoms with Crippen LogP contribution in [0.25, 0.3) is 0 Å². The molecule has 0 radical (unpaired) electrons. The molecule has 0 fully saturated rings. The Morgan fingerprint density at radius 2 is 2.07 bits per heavy atom. The van der Waals surface area contributed by atoms with Crippen LogP contribution in [0, 0.1) is 13.8 Å². The van der Waals surface area contributed by atoms with Crippen molar-refractivity contribution in [3.8, 4) is 5.75 Å². The third-order valence-corrected chi connectivity index (χ3v) is 5.83. The first-order chi connectivity index (χ1) is 14.5. The number of hydrogen-bond donors (Lipinski definition) is 1. The number of carbonyl (C=O) groups is 1. The van der Waals surface area contributed by atoms with Crippen LogP contribution in [-0.2, 0) is 11.2 Å². The number of fused-ring (bicyclic) bond motifs is 1. The molecule has 3 aromatic rings. The minimum atomic E-state index is -0.315. The molecule has 7 heteroatoms. The Morgan fingerprint density at radius 3 is 2.70 bits per heavy atom. The number of H-pyrrole nitrogens is 1. The lowest BCUT2D eigenvalue weighted by Gasteiger charge is -2.37. The number of ether oxygens (including phenoxy) is 1. The summed E-state index contributed by atoms with van der Waals surface area (Å²) in [4.78, 5) is 23.7. The van der Waals surface area contributed by atoms with Crippen LogP contribution in [0.15, 0.2) is 36.7 Å². The molecule has 0 aliphatic carbocycles. The second-order valence-electron chi connectivity index (χ2n) is 7.90. The molecule has 1 amide bonds. The topological polar surface area (TPSA) is 76.0 Å². The summed E-state index contributed by atoms with van der Waals surface area (Å²) in [5.41, 5.74) is 4.99. The molecule has 1 aromatic carbocycles. The minimum absolute atomic E-state index is 0.0949. The fraction of sp³-hybridized carbons (Fsp3) is 0.435. The van der Waals surface area contributed by atoms with Gasteiger partial charge in [-0.2, -0.15) is 5.10 Å². The lowest BCUT2D eigenvalue weighted by atomic mass is 9.94. The highest BCUT2D eigenvalue weighted by Crippen LogP contribution is 2.36. The number of benzene rings is 1. The maximum absolute atomic E-state index is 13.9. The van der Waals surface area contributed by atoms with Crippen LogP contribution in [0.5, 0.6) is 5.75 Å². The van der Waals surface area contributed by atoms with Crippen LogP contribution in [-0.4, -0.2) is 44.2 Å². The van der Waals surface area contributed by atoms with E-state index in [1.165, 1.54) is 0 Å². The molecule has 1 aliphatic heterocycles. The predicted molar refractivity (Wildman–Crippen MR) is 114 cm³/mol. The summed E-state index contributed by atoms with van der Waals surface area (Å²) < 4.78 is 7.21. The van der Waals surface area contributed by atoms with Gasteiger partial charge in [-0.1, -0.05) is 25.5 Å². The second kappa shape index (κ2) is 8.34. The van der Waals surface area contributed by atoms with Crippen molar-refractivity contribution >= 4 is 5.91 Å². The van der Waals surface area contributed by atoms with Crippen molar-refractivity contribution in [3.63, 3.8) is 0 Å². The van der Waals surface area contributed by atoms with Crippen molar-refractivity contribution in [1.82, 2.24) is 24.6 Å². The number of rotatable bonds is 6. The van der Waals surface area contributed by atoms with Gasteiger partial charge in [-0.15, -0.1) is 0 Å². The van der Waals surface area contributed by atoms with Gasteiger partial charge < -0.3 is 14.6 Å². The summed E-state index contributed by atoms with van der Waals surface area (Å²) in [7, 11) is 1.65. The summed E-state index contributed by atoms with van der Waals surface area (Å²) >= 11 is 0. The average molecular weight is 408 g/mol. The summed E-state index contributed by atoms with van der Waals surface area (Å²) in [6, 6.07) is 9.39. The summed E-state index contributed by atoms with van der Waals surface area (Å²) in [6.07, 6.45) is 4.15. The number of carbonyl (C=O) groups excluding carboxylic acids is 1. The fourth-order valence-corrected chi connectivity index (χ4v) is 4.41. The first-order valence-electron chi connectivity index (χ1n) is 10.5. The third-order valence-electron chi connectivity index (χ3n) is 5.83. The standard InChI is InChI=1S/C23H29N5O2/c1-5-6-20(28-16(3)13-15(2)26-28)23(29)27-12-11-19-21(25-14-24-19)22(27)17-7-9-18(30-4)10-8-17/h7-10,13-14,20,22H,5-6,11-12H2,1-4H3,(H,24,25)/t20-,22-/m1/s1. The highest BCUT2D eigenvalue weighted by atomic mass is 16.5. The van der Waals surface area contributed by atoms with E-state index in [1.54, 1.807) is 13.4 Å². The largest absolute Gasteiger partial charge is 0.497 e. The van der Waals surface area contributed by atoms with Gasteiger partial charge >= 0.3 is 0 Å². The Bertz CT molecular complexity index is 1020. The number of aryl methyl sites for hydroxylation is 2. The van der Waals surface area contributed by atoms with Crippen LogP contribution in [0.4, 0.5) is 0 Å². The van der Waals surface area contributed by atoms with Crippen molar-refractivity contribution in [2.45, 2.75) is 52.1 Å². The molecule has 0 spiro atoms. The number of aromatic amines is 1. The molecule has 0 saturated heterocycles. The van der Waals surface area contributed by atoms with Gasteiger partial charge in [0.15, 0.2) is 0 Å². The first-order valence-corrected chi connectivity index (χ1v) is 10.5. The number of imidazole rings is 1. The van der Waals surface area contributed by atoms with Gasteiger partial charge in [0.2, 0.25) is 5.91 Å².